The van der Waals surface area contributed by atoms with Gasteiger partial charge in [0.1, 0.15) is 0 Å². The van der Waals surface area contributed by atoms with Crippen molar-refractivity contribution < 1.29 is 4.74 Å². The van der Waals surface area contributed by atoms with Crippen LogP contribution >= 0.6 is 11.3 Å². The molecule has 0 radical (unpaired) electrons. The third-order valence-electron chi connectivity index (χ3n) is 4.43. The first-order valence-corrected chi connectivity index (χ1v) is 8.11. The summed E-state index contributed by atoms with van der Waals surface area (Å²) in [5.74, 6) is 0.524. The Labute approximate surface area is 122 Å². The van der Waals surface area contributed by atoms with Gasteiger partial charge < -0.3 is 10.5 Å². The molecule has 0 saturated carbocycles. The molecule has 3 atom stereocenters. The molecule has 0 aliphatic carbocycles. The molecule has 2 aliphatic heterocycles. The Morgan fingerprint density at radius 1 is 1.25 bits per heavy atom. The second-order valence-corrected chi connectivity index (χ2v) is 6.58. The second-order valence-electron chi connectivity index (χ2n) is 5.69. The first-order chi connectivity index (χ1) is 9.83. The van der Waals surface area contributed by atoms with E-state index >= 15 is 0 Å². The topological polar surface area (TPSA) is 48.1 Å². The highest BCUT2D eigenvalue weighted by atomic mass is 32.1. The lowest BCUT2D eigenvalue weighted by Gasteiger charge is -2.15. The van der Waals surface area contributed by atoms with Gasteiger partial charge in [0.25, 0.3) is 0 Å². The molecule has 0 amide bonds. The van der Waals surface area contributed by atoms with Crippen LogP contribution in [0.4, 0.5) is 0 Å². The van der Waals surface area contributed by atoms with E-state index < -0.39 is 0 Å². The van der Waals surface area contributed by atoms with Crippen molar-refractivity contribution >= 4 is 11.3 Å². The van der Waals surface area contributed by atoms with Crippen molar-refractivity contribution in [3.8, 4) is 11.3 Å². The molecular weight excluding hydrogens is 268 g/mol. The number of ether oxygens (including phenoxy) is 1. The highest BCUT2D eigenvalue weighted by Gasteiger charge is 2.42. The van der Waals surface area contributed by atoms with E-state index in [4.69, 9.17) is 15.5 Å². The quantitative estimate of drug-likeness (QED) is 0.941. The number of aromatic nitrogens is 1. The van der Waals surface area contributed by atoms with Gasteiger partial charge >= 0.3 is 0 Å². The highest BCUT2D eigenvalue weighted by Crippen LogP contribution is 2.45. The molecule has 1 aromatic heterocycles. The van der Waals surface area contributed by atoms with E-state index in [0.717, 1.165) is 17.7 Å². The number of hydrogen-bond acceptors (Lipinski definition) is 4. The van der Waals surface area contributed by atoms with Crippen LogP contribution in [0.3, 0.4) is 0 Å². The average Bonchev–Trinajstić information content (AvgIpc) is 3.23. The zero-order chi connectivity index (χ0) is 13.5. The highest BCUT2D eigenvalue weighted by molar-refractivity contribution is 7.10. The van der Waals surface area contributed by atoms with Gasteiger partial charge in [0, 0.05) is 23.4 Å². The van der Waals surface area contributed by atoms with Gasteiger partial charge in [-0.15, -0.1) is 11.3 Å². The van der Waals surface area contributed by atoms with Crippen molar-refractivity contribution in [3.63, 3.8) is 0 Å². The van der Waals surface area contributed by atoms with Crippen LogP contribution in [0.1, 0.15) is 35.8 Å². The van der Waals surface area contributed by atoms with Crippen molar-refractivity contribution in [2.24, 2.45) is 5.73 Å². The summed E-state index contributed by atoms with van der Waals surface area (Å²) in [4.78, 5) is 4.84. The largest absolute Gasteiger partial charge is 0.374 e. The van der Waals surface area contributed by atoms with E-state index in [0.29, 0.717) is 24.7 Å². The Balaban J connectivity index is 1.58. The summed E-state index contributed by atoms with van der Waals surface area (Å²) in [6, 6.07) is 8.38. The number of benzene rings is 1. The molecule has 2 bridgehead atoms. The van der Waals surface area contributed by atoms with Gasteiger partial charge in [0.15, 0.2) is 0 Å². The van der Waals surface area contributed by atoms with Gasteiger partial charge in [-0.05, 0) is 24.8 Å². The maximum Gasteiger partial charge on any atom is 0.0990 e. The van der Waals surface area contributed by atoms with Crippen LogP contribution in [0.25, 0.3) is 11.3 Å². The fraction of sp³-hybridized carbons (Fsp3) is 0.438. The van der Waals surface area contributed by atoms with Crippen LogP contribution in [0.2, 0.25) is 0 Å². The van der Waals surface area contributed by atoms with E-state index in [1.54, 1.807) is 11.3 Å². The summed E-state index contributed by atoms with van der Waals surface area (Å²) in [6.45, 7) is 0.588. The number of fused-ring (bicyclic) bond motifs is 2. The summed E-state index contributed by atoms with van der Waals surface area (Å²) in [5, 5.41) is 3.41. The normalized spacial score (nSPS) is 28.1. The molecule has 1 aromatic carbocycles. The number of hydrogen-bond donors (Lipinski definition) is 1. The van der Waals surface area contributed by atoms with Crippen LogP contribution in [-0.4, -0.2) is 17.2 Å². The van der Waals surface area contributed by atoms with Gasteiger partial charge in [-0.25, -0.2) is 4.98 Å². The Bertz CT molecular complexity index is 607. The van der Waals surface area contributed by atoms with Gasteiger partial charge in [-0.1, -0.05) is 24.3 Å². The summed E-state index contributed by atoms with van der Waals surface area (Å²) in [6.07, 6.45) is 4.50. The van der Waals surface area contributed by atoms with Crippen molar-refractivity contribution in [2.75, 3.05) is 0 Å². The molecule has 3 heterocycles. The average molecular weight is 286 g/mol. The van der Waals surface area contributed by atoms with Crippen LogP contribution in [0.5, 0.6) is 0 Å². The van der Waals surface area contributed by atoms with Crippen molar-refractivity contribution in [2.45, 2.75) is 43.9 Å². The minimum atomic E-state index is 0.415. The third kappa shape index (κ3) is 2.08. The first-order valence-electron chi connectivity index (χ1n) is 7.24. The van der Waals surface area contributed by atoms with Gasteiger partial charge in [0.2, 0.25) is 0 Å². The summed E-state index contributed by atoms with van der Waals surface area (Å²) in [5.41, 5.74) is 9.05. The maximum absolute atomic E-state index is 5.94. The standard InChI is InChI=1S/C16H18N2OS/c17-8-10-1-3-11(4-2-10)14-9-20-16(18-14)13-7-12-5-6-15(13)19-12/h1-4,9,12-13,15H,5-8,17H2. The molecule has 4 rings (SSSR count). The Morgan fingerprint density at radius 3 is 2.75 bits per heavy atom. The smallest absolute Gasteiger partial charge is 0.0990 e. The van der Waals surface area contributed by atoms with Crippen molar-refractivity contribution in [1.82, 2.24) is 4.98 Å². The van der Waals surface area contributed by atoms with Crippen LogP contribution in [0.15, 0.2) is 29.6 Å². The Morgan fingerprint density at radius 2 is 2.10 bits per heavy atom. The number of nitrogens with two attached hydrogens (primary N) is 1. The molecule has 104 valence electrons. The van der Waals surface area contributed by atoms with E-state index in [1.165, 1.54) is 23.4 Å². The fourth-order valence-electron chi connectivity index (χ4n) is 3.30. The van der Waals surface area contributed by atoms with Crippen LogP contribution < -0.4 is 5.73 Å². The number of nitrogens with zero attached hydrogens (tertiary/aromatic N) is 1. The molecule has 2 N–H and O–H groups in total. The predicted molar refractivity (Wildman–Crippen MR) is 80.7 cm³/mol. The third-order valence-corrected chi connectivity index (χ3v) is 5.41. The number of rotatable bonds is 3. The molecule has 2 aliphatic rings. The zero-order valence-corrected chi connectivity index (χ0v) is 12.1. The predicted octanol–water partition coefficient (Wildman–Crippen LogP) is 3.30. The monoisotopic (exact) mass is 286 g/mol. The molecule has 4 heteroatoms. The van der Waals surface area contributed by atoms with E-state index in [1.807, 2.05) is 0 Å². The molecule has 2 fully saturated rings. The summed E-state index contributed by atoms with van der Waals surface area (Å²) in [7, 11) is 0. The van der Waals surface area contributed by atoms with E-state index in [9.17, 15) is 0 Å². The molecular formula is C16H18N2OS. The SMILES string of the molecule is NCc1ccc(-c2csc(C3CC4CCC3O4)n2)cc1. The zero-order valence-electron chi connectivity index (χ0n) is 11.3. The molecule has 20 heavy (non-hydrogen) atoms. The Kier molecular flexibility index (Phi) is 3.10. The van der Waals surface area contributed by atoms with Crippen molar-refractivity contribution in [1.29, 1.82) is 0 Å². The Hall–Kier alpha value is -1.23. The number of thiazole rings is 1. The minimum Gasteiger partial charge on any atom is -0.374 e. The maximum atomic E-state index is 5.94. The van der Waals surface area contributed by atoms with Crippen LogP contribution in [-0.2, 0) is 11.3 Å². The molecule has 2 aromatic rings. The second kappa shape index (κ2) is 4.95. The molecule has 3 unspecified atom stereocenters. The van der Waals surface area contributed by atoms with Crippen molar-refractivity contribution in [3.05, 3.63) is 40.2 Å². The molecule has 3 nitrogen and oxygen atoms in total. The minimum absolute atomic E-state index is 0.415. The van der Waals surface area contributed by atoms with E-state index in [-0.39, 0.29) is 0 Å². The summed E-state index contributed by atoms with van der Waals surface area (Å²) >= 11 is 1.78. The molecule has 0 spiro atoms. The van der Waals surface area contributed by atoms with Gasteiger partial charge in [-0.3, -0.25) is 0 Å². The van der Waals surface area contributed by atoms with Crippen LogP contribution in [0, 0.1) is 0 Å². The van der Waals surface area contributed by atoms with E-state index in [2.05, 4.69) is 29.6 Å². The lowest BCUT2D eigenvalue weighted by atomic mass is 9.90. The van der Waals surface area contributed by atoms with Gasteiger partial charge in [-0.2, -0.15) is 0 Å². The fourth-order valence-corrected chi connectivity index (χ4v) is 4.29. The first kappa shape index (κ1) is 12.5. The lowest BCUT2D eigenvalue weighted by molar-refractivity contribution is 0.101. The lowest BCUT2D eigenvalue weighted by Crippen LogP contribution is -2.13. The molecule has 2 saturated heterocycles. The summed E-state index contributed by atoms with van der Waals surface area (Å²) < 4.78 is 5.94. The van der Waals surface area contributed by atoms with Gasteiger partial charge in [0.05, 0.1) is 22.9 Å².